The van der Waals surface area contributed by atoms with Crippen molar-refractivity contribution in [2.24, 2.45) is 5.73 Å². The van der Waals surface area contributed by atoms with Gasteiger partial charge in [-0.25, -0.2) is 14.6 Å². The Kier molecular flexibility index (Phi) is 7.26. The van der Waals surface area contributed by atoms with Gasteiger partial charge in [-0.1, -0.05) is 12.8 Å². The summed E-state index contributed by atoms with van der Waals surface area (Å²) in [5, 5.41) is 15.4. The summed E-state index contributed by atoms with van der Waals surface area (Å²) in [5.41, 5.74) is 8.57. The molecule has 0 spiro atoms. The Morgan fingerprint density at radius 1 is 1.30 bits per heavy atom. The molecule has 3 rings (SSSR count). The molecule has 6 N–H and O–H groups in total. The van der Waals surface area contributed by atoms with Gasteiger partial charge in [0.15, 0.2) is 0 Å². The van der Waals surface area contributed by atoms with Crippen LogP contribution in [0, 0.1) is 0 Å². The van der Waals surface area contributed by atoms with Crippen LogP contribution in [0.5, 0.6) is 0 Å². The van der Waals surface area contributed by atoms with Gasteiger partial charge in [-0.05, 0) is 31.0 Å². The first-order valence-corrected chi connectivity index (χ1v) is 9.85. The van der Waals surface area contributed by atoms with Gasteiger partial charge in [-0.2, -0.15) is 0 Å². The molecule has 30 heavy (non-hydrogen) atoms. The fourth-order valence-corrected chi connectivity index (χ4v) is 3.30. The van der Waals surface area contributed by atoms with Gasteiger partial charge >= 0.3 is 12.1 Å². The SMILES string of the molecule is COCCOC(=O)Nc1ccc2c(c1)N[C@@H](C(=O)O)CCCC[C@H](N)c1nc-2c[nH]1. The van der Waals surface area contributed by atoms with Crippen LogP contribution in [0.4, 0.5) is 16.2 Å². The molecule has 0 unspecified atom stereocenters. The fourth-order valence-electron chi connectivity index (χ4n) is 3.30. The number of carboxylic acids is 1. The summed E-state index contributed by atoms with van der Waals surface area (Å²) in [4.78, 5) is 31.4. The summed E-state index contributed by atoms with van der Waals surface area (Å²) in [5.74, 6) is -0.252. The number of anilines is 2. The highest BCUT2D eigenvalue weighted by atomic mass is 16.6. The van der Waals surface area contributed by atoms with E-state index < -0.39 is 18.1 Å². The number of H-pyrrole nitrogens is 1. The maximum absolute atomic E-state index is 11.9. The van der Waals surface area contributed by atoms with E-state index in [-0.39, 0.29) is 12.6 Å². The van der Waals surface area contributed by atoms with Crippen LogP contribution >= 0.6 is 0 Å². The standard InChI is InChI=1S/C20H27N5O5/c1-29-8-9-30-20(28)23-12-6-7-13-16(10-12)24-15(19(26)27)5-3-2-4-14(21)18-22-11-17(13)25-18/h6-7,10-11,14-15,24H,2-5,8-9,21H2,1H3,(H,22,25)(H,23,28)(H,26,27)/t14-,15+/m0/s1. The number of fused-ring (bicyclic) bond motifs is 4. The summed E-state index contributed by atoms with van der Waals surface area (Å²) >= 11 is 0. The Morgan fingerprint density at radius 2 is 2.10 bits per heavy atom. The van der Waals surface area contributed by atoms with Crippen molar-refractivity contribution < 1.29 is 24.2 Å². The van der Waals surface area contributed by atoms with Crippen molar-refractivity contribution in [3.05, 3.63) is 30.2 Å². The number of hydrogen-bond acceptors (Lipinski definition) is 7. The van der Waals surface area contributed by atoms with Crippen molar-refractivity contribution >= 4 is 23.4 Å². The number of nitrogens with two attached hydrogens (primary N) is 1. The maximum Gasteiger partial charge on any atom is 0.411 e. The number of methoxy groups -OCH3 is 1. The van der Waals surface area contributed by atoms with Crippen molar-refractivity contribution in [1.82, 2.24) is 9.97 Å². The van der Waals surface area contributed by atoms with E-state index in [4.69, 9.17) is 15.2 Å². The molecule has 0 aliphatic carbocycles. The highest BCUT2D eigenvalue weighted by Crippen LogP contribution is 2.32. The number of carboxylic acid groups (broad SMARTS) is 1. The first kappa shape index (κ1) is 21.6. The van der Waals surface area contributed by atoms with Crippen LogP contribution in [0.2, 0.25) is 0 Å². The second-order valence-electron chi connectivity index (χ2n) is 7.11. The summed E-state index contributed by atoms with van der Waals surface area (Å²) in [6, 6.07) is 4.13. The molecule has 2 bridgehead atoms. The average molecular weight is 417 g/mol. The van der Waals surface area contributed by atoms with Crippen molar-refractivity contribution in [2.75, 3.05) is 31.0 Å². The zero-order valence-corrected chi connectivity index (χ0v) is 16.8. The van der Waals surface area contributed by atoms with E-state index in [1.165, 1.54) is 7.11 Å². The number of benzene rings is 1. The van der Waals surface area contributed by atoms with Crippen LogP contribution in [0.25, 0.3) is 11.3 Å². The molecule has 162 valence electrons. The normalized spacial score (nSPS) is 18.9. The predicted molar refractivity (Wildman–Crippen MR) is 111 cm³/mol. The van der Waals surface area contributed by atoms with Gasteiger partial charge in [0.25, 0.3) is 0 Å². The number of carbonyl (C=O) groups excluding carboxylic acids is 1. The number of nitrogens with zero attached hydrogens (tertiary/aromatic N) is 1. The Balaban J connectivity index is 1.91. The van der Waals surface area contributed by atoms with Crippen LogP contribution in [-0.4, -0.2) is 53.5 Å². The third kappa shape index (κ3) is 5.49. The van der Waals surface area contributed by atoms with Gasteiger partial charge in [0.05, 0.1) is 18.3 Å². The number of carbonyl (C=O) groups is 2. The molecule has 1 aliphatic rings. The average Bonchev–Trinajstić information content (AvgIpc) is 3.20. The Labute approximate surface area is 174 Å². The molecular formula is C20H27N5O5. The van der Waals surface area contributed by atoms with E-state index in [0.717, 1.165) is 12.8 Å². The molecule has 0 fully saturated rings. The van der Waals surface area contributed by atoms with Crippen molar-refractivity contribution in [1.29, 1.82) is 0 Å². The van der Waals surface area contributed by atoms with Gasteiger partial charge in [0.2, 0.25) is 0 Å². The smallest absolute Gasteiger partial charge is 0.411 e. The fraction of sp³-hybridized carbons (Fsp3) is 0.450. The van der Waals surface area contributed by atoms with Crippen LogP contribution in [0.15, 0.2) is 24.4 Å². The first-order chi connectivity index (χ1) is 14.5. The zero-order chi connectivity index (χ0) is 21.5. The van der Waals surface area contributed by atoms with Gasteiger partial charge in [0.1, 0.15) is 18.5 Å². The molecule has 1 amide bonds. The molecular weight excluding hydrogens is 390 g/mol. The van der Waals surface area contributed by atoms with E-state index in [9.17, 15) is 14.7 Å². The lowest BCUT2D eigenvalue weighted by Gasteiger charge is -2.20. The van der Waals surface area contributed by atoms with Gasteiger partial charge in [-0.3, -0.25) is 5.32 Å². The summed E-state index contributed by atoms with van der Waals surface area (Å²) in [6.07, 6.45) is 3.81. The molecule has 10 nitrogen and oxygen atoms in total. The Hall–Kier alpha value is -3.11. The molecule has 10 heteroatoms. The highest BCUT2D eigenvalue weighted by molar-refractivity contribution is 5.89. The van der Waals surface area contributed by atoms with E-state index in [2.05, 4.69) is 20.6 Å². The molecule has 1 aliphatic heterocycles. The third-order valence-electron chi connectivity index (χ3n) is 4.90. The number of amides is 1. The quantitative estimate of drug-likeness (QED) is 0.466. The molecule has 0 saturated carbocycles. The summed E-state index contributed by atoms with van der Waals surface area (Å²) in [6.45, 7) is 0.423. The van der Waals surface area contributed by atoms with E-state index in [1.54, 1.807) is 24.4 Å². The Morgan fingerprint density at radius 3 is 2.87 bits per heavy atom. The number of imidazole rings is 1. The molecule has 0 saturated heterocycles. The number of hydrogen-bond donors (Lipinski definition) is 5. The third-order valence-corrected chi connectivity index (χ3v) is 4.90. The molecule has 2 atom stereocenters. The van der Waals surface area contributed by atoms with E-state index in [0.29, 0.717) is 47.9 Å². The minimum Gasteiger partial charge on any atom is -0.480 e. The topological polar surface area (TPSA) is 152 Å². The number of aromatic amines is 1. The van der Waals surface area contributed by atoms with Crippen LogP contribution in [0.1, 0.15) is 37.5 Å². The highest BCUT2D eigenvalue weighted by Gasteiger charge is 2.22. The molecule has 0 radical (unpaired) electrons. The lowest BCUT2D eigenvalue weighted by atomic mass is 10.0. The van der Waals surface area contributed by atoms with Crippen molar-refractivity contribution in [3.8, 4) is 11.3 Å². The number of rotatable bonds is 5. The lowest BCUT2D eigenvalue weighted by Crippen LogP contribution is -2.29. The van der Waals surface area contributed by atoms with Crippen molar-refractivity contribution in [3.63, 3.8) is 0 Å². The monoisotopic (exact) mass is 417 g/mol. The minimum absolute atomic E-state index is 0.128. The largest absolute Gasteiger partial charge is 0.480 e. The summed E-state index contributed by atoms with van der Waals surface area (Å²) in [7, 11) is 1.52. The summed E-state index contributed by atoms with van der Waals surface area (Å²) < 4.78 is 9.86. The zero-order valence-electron chi connectivity index (χ0n) is 16.8. The van der Waals surface area contributed by atoms with Crippen molar-refractivity contribution in [2.45, 2.75) is 37.8 Å². The number of nitrogens with one attached hydrogen (secondary N) is 3. The van der Waals surface area contributed by atoms with Gasteiger partial charge < -0.3 is 30.6 Å². The van der Waals surface area contributed by atoms with Crippen LogP contribution < -0.4 is 16.4 Å². The molecule has 2 heterocycles. The van der Waals surface area contributed by atoms with Gasteiger partial charge in [0, 0.05) is 30.2 Å². The van der Waals surface area contributed by atoms with E-state index in [1.807, 2.05) is 0 Å². The molecule has 2 aromatic rings. The maximum atomic E-state index is 11.9. The van der Waals surface area contributed by atoms with Crippen LogP contribution in [-0.2, 0) is 14.3 Å². The van der Waals surface area contributed by atoms with Crippen LogP contribution in [0.3, 0.4) is 0 Å². The second kappa shape index (κ2) is 10.1. The van der Waals surface area contributed by atoms with E-state index >= 15 is 0 Å². The number of aliphatic carboxylic acids is 1. The second-order valence-corrected chi connectivity index (χ2v) is 7.11. The number of ether oxygens (including phenoxy) is 2. The van der Waals surface area contributed by atoms with Gasteiger partial charge in [-0.15, -0.1) is 0 Å². The lowest BCUT2D eigenvalue weighted by molar-refractivity contribution is -0.138. The first-order valence-electron chi connectivity index (χ1n) is 9.85. The molecule has 1 aromatic heterocycles. The molecule has 1 aromatic carbocycles. The Bertz CT molecular complexity index is 884. The predicted octanol–water partition coefficient (Wildman–Crippen LogP) is 2.71. The number of aromatic nitrogens is 2. The minimum atomic E-state index is -0.942.